The van der Waals surface area contributed by atoms with Crippen LogP contribution in [0.4, 0.5) is 0 Å². The first-order valence-corrected chi connectivity index (χ1v) is 9.39. The predicted molar refractivity (Wildman–Crippen MR) is 104 cm³/mol. The molecule has 2 heterocycles. The van der Waals surface area contributed by atoms with Crippen molar-refractivity contribution in [1.29, 1.82) is 0 Å². The van der Waals surface area contributed by atoms with E-state index in [1.807, 2.05) is 12.1 Å². The lowest BCUT2D eigenvalue weighted by Gasteiger charge is -2.42. The number of benzene rings is 1. The SMILES string of the molecule is Cc1nn(Cc2ccc(Cl)cc2)c(C)c1CN1CCC(N)C(C)(C)C1. The maximum absolute atomic E-state index is 6.28. The molecule has 1 unspecified atom stereocenters. The van der Waals surface area contributed by atoms with Crippen LogP contribution in [0.1, 0.15) is 42.8 Å². The summed E-state index contributed by atoms with van der Waals surface area (Å²) in [5.41, 5.74) is 11.4. The Balaban J connectivity index is 1.75. The third-order valence-corrected chi connectivity index (χ3v) is 5.80. The van der Waals surface area contributed by atoms with Crippen LogP contribution >= 0.6 is 11.6 Å². The summed E-state index contributed by atoms with van der Waals surface area (Å²) in [5.74, 6) is 0. The van der Waals surface area contributed by atoms with Gasteiger partial charge in [-0.25, -0.2) is 0 Å². The molecule has 1 atom stereocenters. The van der Waals surface area contributed by atoms with Gasteiger partial charge in [0.1, 0.15) is 0 Å². The lowest BCUT2D eigenvalue weighted by atomic mass is 9.79. The van der Waals surface area contributed by atoms with Crippen LogP contribution in [0, 0.1) is 19.3 Å². The third-order valence-electron chi connectivity index (χ3n) is 5.55. The summed E-state index contributed by atoms with van der Waals surface area (Å²) in [6, 6.07) is 8.28. The largest absolute Gasteiger partial charge is 0.327 e. The lowest BCUT2D eigenvalue weighted by molar-refractivity contribution is 0.0895. The number of aromatic nitrogens is 2. The van der Waals surface area contributed by atoms with Crippen LogP contribution in [-0.4, -0.2) is 33.8 Å². The van der Waals surface area contributed by atoms with Crippen LogP contribution in [0.25, 0.3) is 0 Å². The van der Waals surface area contributed by atoms with Crippen molar-refractivity contribution in [2.75, 3.05) is 13.1 Å². The zero-order chi connectivity index (χ0) is 18.2. The molecule has 3 rings (SSSR count). The quantitative estimate of drug-likeness (QED) is 0.902. The number of aryl methyl sites for hydroxylation is 1. The predicted octanol–water partition coefficient (Wildman–Crippen LogP) is 3.76. The molecule has 0 radical (unpaired) electrons. The van der Waals surface area contributed by atoms with Crippen molar-refractivity contribution in [3.8, 4) is 0 Å². The Morgan fingerprint density at radius 3 is 2.52 bits per heavy atom. The summed E-state index contributed by atoms with van der Waals surface area (Å²) in [6.07, 6.45) is 1.06. The normalized spacial score (nSPS) is 20.8. The van der Waals surface area contributed by atoms with E-state index in [1.165, 1.54) is 16.8 Å². The smallest absolute Gasteiger partial charge is 0.0662 e. The first kappa shape index (κ1) is 18.4. The Hall–Kier alpha value is -1.36. The molecular formula is C20H29ClN4. The molecule has 0 bridgehead atoms. The van der Waals surface area contributed by atoms with Crippen molar-refractivity contribution in [2.45, 2.75) is 53.2 Å². The molecule has 0 amide bonds. The van der Waals surface area contributed by atoms with E-state index >= 15 is 0 Å². The second-order valence-corrected chi connectivity index (χ2v) is 8.46. The minimum absolute atomic E-state index is 0.166. The summed E-state index contributed by atoms with van der Waals surface area (Å²) >= 11 is 5.98. The fraction of sp³-hybridized carbons (Fsp3) is 0.550. The molecule has 0 saturated carbocycles. The Morgan fingerprint density at radius 1 is 1.20 bits per heavy atom. The van der Waals surface area contributed by atoms with Gasteiger partial charge in [-0.2, -0.15) is 5.10 Å². The molecule has 1 aliphatic rings. The molecular weight excluding hydrogens is 332 g/mol. The molecule has 2 N–H and O–H groups in total. The van der Waals surface area contributed by atoms with Gasteiger partial charge >= 0.3 is 0 Å². The molecule has 1 saturated heterocycles. The van der Waals surface area contributed by atoms with E-state index in [9.17, 15) is 0 Å². The number of nitrogens with two attached hydrogens (primary N) is 1. The summed E-state index contributed by atoms with van der Waals surface area (Å²) in [6.45, 7) is 12.7. The Kier molecular flexibility index (Phi) is 5.24. The molecule has 25 heavy (non-hydrogen) atoms. The van der Waals surface area contributed by atoms with E-state index in [0.29, 0.717) is 6.04 Å². The van der Waals surface area contributed by atoms with Crippen molar-refractivity contribution < 1.29 is 0 Å². The van der Waals surface area contributed by atoms with Gasteiger partial charge in [-0.1, -0.05) is 37.6 Å². The number of rotatable bonds is 4. The molecule has 1 aromatic carbocycles. The average molecular weight is 361 g/mol. The van der Waals surface area contributed by atoms with Crippen LogP contribution in [-0.2, 0) is 13.1 Å². The molecule has 0 spiro atoms. The van der Waals surface area contributed by atoms with Gasteiger partial charge < -0.3 is 5.73 Å². The number of piperidine rings is 1. The molecule has 1 aliphatic heterocycles. The molecule has 4 nitrogen and oxygen atoms in total. The van der Waals surface area contributed by atoms with Gasteiger partial charge in [0.15, 0.2) is 0 Å². The van der Waals surface area contributed by atoms with Gasteiger partial charge in [-0.15, -0.1) is 0 Å². The van der Waals surface area contributed by atoms with E-state index in [4.69, 9.17) is 22.4 Å². The minimum atomic E-state index is 0.166. The molecule has 1 fully saturated rings. The number of halogens is 1. The number of hydrogen-bond donors (Lipinski definition) is 1. The maximum atomic E-state index is 6.28. The number of hydrogen-bond acceptors (Lipinski definition) is 3. The van der Waals surface area contributed by atoms with E-state index < -0.39 is 0 Å². The zero-order valence-corrected chi connectivity index (χ0v) is 16.5. The van der Waals surface area contributed by atoms with Gasteiger partial charge in [0.2, 0.25) is 0 Å². The molecule has 5 heteroatoms. The highest BCUT2D eigenvalue weighted by atomic mass is 35.5. The number of likely N-dealkylation sites (tertiary alicyclic amines) is 1. The van der Waals surface area contributed by atoms with Crippen LogP contribution < -0.4 is 5.73 Å². The fourth-order valence-corrected chi connectivity index (χ4v) is 3.85. The second kappa shape index (κ2) is 7.10. The molecule has 1 aromatic heterocycles. The number of nitrogens with zero attached hydrogens (tertiary/aromatic N) is 3. The lowest BCUT2D eigenvalue weighted by Crippen LogP contribution is -2.52. The van der Waals surface area contributed by atoms with Gasteiger partial charge in [-0.05, 0) is 43.4 Å². The Morgan fingerprint density at radius 2 is 1.88 bits per heavy atom. The van der Waals surface area contributed by atoms with Crippen LogP contribution in [0.5, 0.6) is 0 Å². The van der Waals surface area contributed by atoms with Crippen LogP contribution in [0.3, 0.4) is 0 Å². The van der Waals surface area contributed by atoms with E-state index in [-0.39, 0.29) is 5.41 Å². The average Bonchev–Trinajstić information content (AvgIpc) is 2.80. The third kappa shape index (κ3) is 4.08. The van der Waals surface area contributed by atoms with Gasteiger partial charge in [0, 0.05) is 42.0 Å². The fourth-order valence-electron chi connectivity index (χ4n) is 3.72. The highest BCUT2D eigenvalue weighted by molar-refractivity contribution is 6.30. The standard InChI is InChI=1S/C20H29ClN4/c1-14-18(12-24-10-9-19(22)20(3,4)13-24)15(2)25(23-14)11-16-5-7-17(21)8-6-16/h5-8,19H,9-13,22H2,1-4H3. The maximum Gasteiger partial charge on any atom is 0.0662 e. The van der Waals surface area contributed by atoms with Crippen molar-refractivity contribution in [3.63, 3.8) is 0 Å². The highest BCUT2D eigenvalue weighted by Crippen LogP contribution is 2.29. The van der Waals surface area contributed by atoms with Crippen molar-refractivity contribution in [2.24, 2.45) is 11.1 Å². The van der Waals surface area contributed by atoms with Crippen molar-refractivity contribution in [1.82, 2.24) is 14.7 Å². The highest BCUT2D eigenvalue weighted by Gasteiger charge is 2.33. The monoisotopic (exact) mass is 360 g/mol. The Bertz CT molecular complexity index is 733. The van der Waals surface area contributed by atoms with E-state index in [1.54, 1.807) is 0 Å². The minimum Gasteiger partial charge on any atom is -0.327 e. The summed E-state index contributed by atoms with van der Waals surface area (Å²) in [5, 5.41) is 5.54. The topological polar surface area (TPSA) is 47.1 Å². The first-order valence-electron chi connectivity index (χ1n) is 9.01. The van der Waals surface area contributed by atoms with Crippen molar-refractivity contribution >= 4 is 11.6 Å². The zero-order valence-electron chi connectivity index (χ0n) is 15.7. The van der Waals surface area contributed by atoms with E-state index in [2.05, 4.69) is 49.4 Å². The van der Waals surface area contributed by atoms with Gasteiger partial charge in [0.05, 0.1) is 12.2 Å². The first-order chi connectivity index (χ1) is 11.8. The summed E-state index contributed by atoms with van der Waals surface area (Å²) in [7, 11) is 0. The van der Waals surface area contributed by atoms with Crippen LogP contribution in [0.2, 0.25) is 5.02 Å². The molecule has 2 aromatic rings. The van der Waals surface area contributed by atoms with E-state index in [0.717, 1.165) is 43.3 Å². The van der Waals surface area contributed by atoms with Gasteiger partial charge in [-0.3, -0.25) is 9.58 Å². The molecule has 0 aliphatic carbocycles. The second-order valence-electron chi connectivity index (χ2n) is 8.03. The molecule has 136 valence electrons. The Labute approximate surface area is 156 Å². The summed E-state index contributed by atoms with van der Waals surface area (Å²) < 4.78 is 2.11. The van der Waals surface area contributed by atoms with Crippen LogP contribution in [0.15, 0.2) is 24.3 Å². The van der Waals surface area contributed by atoms with Crippen molar-refractivity contribution in [3.05, 3.63) is 51.8 Å². The summed E-state index contributed by atoms with van der Waals surface area (Å²) in [4.78, 5) is 2.52. The van der Waals surface area contributed by atoms with Gasteiger partial charge in [0.25, 0.3) is 0 Å².